The van der Waals surface area contributed by atoms with Crippen molar-refractivity contribution in [1.29, 1.82) is 0 Å². The van der Waals surface area contributed by atoms with Crippen molar-refractivity contribution in [2.75, 3.05) is 6.54 Å². The monoisotopic (exact) mass is 360 g/mol. The number of amides is 1. The van der Waals surface area contributed by atoms with Crippen LogP contribution < -0.4 is 5.32 Å². The molecule has 0 spiro atoms. The summed E-state index contributed by atoms with van der Waals surface area (Å²) in [7, 11) is 0. The second-order valence-electron chi connectivity index (χ2n) is 6.25. The molecule has 2 aromatic heterocycles. The van der Waals surface area contributed by atoms with E-state index >= 15 is 0 Å². The van der Waals surface area contributed by atoms with Gasteiger partial charge >= 0.3 is 0 Å². The minimum absolute atomic E-state index is 0.0337. The van der Waals surface area contributed by atoms with Gasteiger partial charge in [0.25, 0.3) is 0 Å². The van der Waals surface area contributed by atoms with Gasteiger partial charge in [-0.2, -0.15) is 0 Å². The Morgan fingerprint density at radius 2 is 1.85 bits per heavy atom. The van der Waals surface area contributed by atoms with Crippen LogP contribution in [-0.4, -0.2) is 37.0 Å². The summed E-state index contributed by atoms with van der Waals surface area (Å²) in [6.45, 7) is 1.54. The van der Waals surface area contributed by atoms with Crippen molar-refractivity contribution in [3.05, 3.63) is 67.0 Å². The fraction of sp³-hybridized carbons (Fsp3) is 0.200. The van der Waals surface area contributed by atoms with E-state index in [0.29, 0.717) is 13.1 Å². The maximum absolute atomic E-state index is 12.3. The van der Waals surface area contributed by atoms with E-state index < -0.39 is 0 Å². The van der Waals surface area contributed by atoms with E-state index in [-0.39, 0.29) is 12.5 Å². The summed E-state index contributed by atoms with van der Waals surface area (Å²) in [6.07, 6.45) is 4.32. The lowest BCUT2D eigenvalue weighted by Crippen LogP contribution is -2.29. The molecule has 0 radical (unpaired) electrons. The fourth-order valence-corrected chi connectivity index (χ4v) is 3.03. The molecule has 0 fully saturated rings. The van der Waals surface area contributed by atoms with Crippen LogP contribution in [0.5, 0.6) is 0 Å². The van der Waals surface area contributed by atoms with E-state index in [1.165, 1.54) is 0 Å². The highest BCUT2D eigenvalue weighted by molar-refractivity contribution is 5.76. The molecule has 7 heteroatoms. The van der Waals surface area contributed by atoms with Gasteiger partial charge in [0.1, 0.15) is 17.9 Å². The number of aromatic nitrogens is 5. The maximum atomic E-state index is 12.3. The number of carbonyl (C=O) groups is 1. The van der Waals surface area contributed by atoms with E-state index in [1.807, 2.05) is 70.0 Å². The highest BCUT2D eigenvalue weighted by Gasteiger charge is 2.09. The van der Waals surface area contributed by atoms with Crippen LogP contribution in [0.2, 0.25) is 0 Å². The van der Waals surface area contributed by atoms with Crippen LogP contribution in [0.25, 0.3) is 22.4 Å². The third-order valence-electron chi connectivity index (χ3n) is 4.35. The normalized spacial score (nSPS) is 11.0. The van der Waals surface area contributed by atoms with Crippen molar-refractivity contribution in [1.82, 2.24) is 29.9 Å². The smallest absolute Gasteiger partial charge is 0.239 e. The Morgan fingerprint density at radius 1 is 1.04 bits per heavy atom. The Morgan fingerprint density at radius 3 is 2.74 bits per heavy atom. The number of aryl methyl sites for hydroxylation is 1. The van der Waals surface area contributed by atoms with E-state index in [2.05, 4.69) is 20.6 Å². The van der Waals surface area contributed by atoms with Crippen molar-refractivity contribution in [2.45, 2.75) is 19.5 Å². The number of benzene rings is 2. The quantitative estimate of drug-likeness (QED) is 0.514. The van der Waals surface area contributed by atoms with E-state index in [0.717, 1.165) is 28.8 Å². The van der Waals surface area contributed by atoms with E-state index in [9.17, 15) is 4.79 Å². The number of imidazole rings is 1. The van der Waals surface area contributed by atoms with Gasteiger partial charge in [0.05, 0.1) is 5.52 Å². The first kappa shape index (κ1) is 17.0. The first-order valence-corrected chi connectivity index (χ1v) is 8.93. The molecule has 4 aromatic rings. The van der Waals surface area contributed by atoms with Gasteiger partial charge in [-0.15, -0.1) is 5.10 Å². The van der Waals surface area contributed by atoms with Crippen molar-refractivity contribution < 1.29 is 4.79 Å². The molecule has 0 unspecified atom stereocenters. The van der Waals surface area contributed by atoms with Crippen LogP contribution in [0.4, 0.5) is 0 Å². The average Bonchev–Trinajstić information content (AvgIpc) is 3.33. The van der Waals surface area contributed by atoms with Crippen LogP contribution in [-0.2, 0) is 17.9 Å². The number of nitrogens with zero attached hydrogens (tertiary/aromatic N) is 5. The van der Waals surface area contributed by atoms with Crippen molar-refractivity contribution in [2.24, 2.45) is 0 Å². The number of carbonyl (C=O) groups excluding carboxylic acids is 1. The molecule has 0 aliphatic carbocycles. The predicted molar refractivity (Wildman–Crippen MR) is 103 cm³/mol. The SMILES string of the molecule is O=C(Cn1ccnc1-c1ccccc1)NCCCn1nnc2ccccc21. The molecule has 7 nitrogen and oxygen atoms in total. The molecule has 0 saturated heterocycles. The first-order chi connectivity index (χ1) is 13.3. The Hall–Kier alpha value is -3.48. The summed E-state index contributed by atoms with van der Waals surface area (Å²) in [5.41, 5.74) is 2.89. The van der Waals surface area contributed by atoms with Crippen molar-refractivity contribution in [3.8, 4) is 11.4 Å². The molecule has 0 saturated carbocycles. The molecule has 1 amide bonds. The molecule has 0 atom stereocenters. The predicted octanol–water partition coefficient (Wildman–Crippen LogP) is 2.50. The van der Waals surface area contributed by atoms with Gasteiger partial charge in [-0.25, -0.2) is 9.67 Å². The van der Waals surface area contributed by atoms with Gasteiger partial charge < -0.3 is 9.88 Å². The van der Waals surface area contributed by atoms with Crippen LogP contribution in [0.1, 0.15) is 6.42 Å². The third kappa shape index (κ3) is 3.87. The minimum atomic E-state index is -0.0337. The molecule has 4 rings (SSSR count). The molecule has 0 aliphatic rings. The lowest BCUT2D eigenvalue weighted by molar-refractivity contribution is -0.121. The van der Waals surface area contributed by atoms with Crippen molar-refractivity contribution >= 4 is 16.9 Å². The molecule has 1 N–H and O–H groups in total. The Kier molecular flexibility index (Phi) is 4.91. The summed E-state index contributed by atoms with van der Waals surface area (Å²) in [6, 6.07) is 17.7. The number of rotatable bonds is 7. The van der Waals surface area contributed by atoms with Crippen LogP contribution in [0.3, 0.4) is 0 Å². The molecular formula is C20H20N6O. The molecule has 0 bridgehead atoms. The fourth-order valence-electron chi connectivity index (χ4n) is 3.03. The molecule has 2 aromatic carbocycles. The second-order valence-corrected chi connectivity index (χ2v) is 6.25. The number of para-hydroxylation sites is 1. The Bertz CT molecular complexity index is 1040. The zero-order valence-electron chi connectivity index (χ0n) is 14.8. The number of fused-ring (bicyclic) bond motifs is 1. The standard InChI is InChI=1S/C20H20N6O/c27-19(15-25-14-12-22-20(25)16-7-2-1-3-8-16)21-11-6-13-26-18-10-5-4-9-17(18)23-24-26/h1-5,7-10,12,14H,6,11,13,15H2,(H,21,27). The molecule has 2 heterocycles. The molecular weight excluding hydrogens is 340 g/mol. The highest BCUT2D eigenvalue weighted by atomic mass is 16.1. The van der Waals surface area contributed by atoms with Crippen LogP contribution in [0, 0.1) is 0 Å². The van der Waals surface area contributed by atoms with Gasteiger partial charge in [-0.3, -0.25) is 4.79 Å². The molecule has 0 aliphatic heterocycles. The van der Waals surface area contributed by atoms with Gasteiger partial charge in [0.15, 0.2) is 0 Å². The highest BCUT2D eigenvalue weighted by Crippen LogP contribution is 2.16. The summed E-state index contributed by atoms with van der Waals surface area (Å²) in [4.78, 5) is 16.6. The van der Waals surface area contributed by atoms with Gasteiger partial charge in [-0.05, 0) is 18.6 Å². The minimum Gasteiger partial charge on any atom is -0.354 e. The summed E-state index contributed by atoms with van der Waals surface area (Å²) in [5, 5.41) is 11.3. The first-order valence-electron chi connectivity index (χ1n) is 8.93. The Balaban J connectivity index is 1.29. The third-order valence-corrected chi connectivity index (χ3v) is 4.35. The largest absolute Gasteiger partial charge is 0.354 e. The van der Waals surface area contributed by atoms with Crippen molar-refractivity contribution in [3.63, 3.8) is 0 Å². The number of hydrogen-bond acceptors (Lipinski definition) is 4. The second kappa shape index (κ2) is 7.82. The number of nitrogens with one attached hydrogen (secondary N) is 1. The zero-order chi connectivity index (χ0) is 18.5. The summed E-state index contributed by atoms with van der Waals surface area (Å²) < 4.78 is 3.72. The summed E-state index contributed by atoms with van der Waals surface area (Å²) >= 11 is 0. The Labute approximate surface area is 156 Å². The van der Waals surface area contributed by atoms with E-state index in [4.69, 9.17) is 0 Å². The average molecular weight is 360 g/mol. The topological polar surface area (TPSA) is 77.6 Å². The van der Waals surface area contributed by atoms with Gasteiger partial charge in [0.2, 0.25) is 5.91 Å². The summed E-state index contributed by atoms with van der Waals surface area (Å²) in [5.74, 6) is 0.758. The van der Waals surface area contributed by atoms with Gasteiger partial charge in [-0.1, -0.05) is 47.7 Å². The molecule has 136 valence electrons. The van der Waals surface area contributed by atoms with Crippen LogP contribution >= 0.6 is 0 Å². The lowest BCUT2D eigenvalue weighted by atomic mass is 10.2. The van der Waals surface area contributed by atoms with E-state index in [1.54, 1.807) is 6.20 Å². The molecule has 27 heavy (non-hydrogen) atoms. The number of hydrogen-bond donors (Lipinski definition) is 1. The van der Waals surface area contributed by atoms with Crippen LogP contribution in [0.15, 0.2) is 67.0 Å². The zero-order valence-corrected chi connectivity index (χ0v) is 14.8. The maximum Gasteiger partial charge on any atom is 0.239 e. The van der Waals surface area contributed by atoms with Gasteiger partial charge in [0, 0.05) is 31.0 Å². The lowest BCUT2D eigenvalue weighted by Gasteiger charge is -2.09.